The smallest absolute Gasteiger partial charge is 0.0543 e. The highest BCUT2D eigenvalue weighted by Crippen LogP contribution is 2.54. The highest BCUT2D eigenvalue weighted by molar-refractivity contribution is 5.99. The van der Waals surface area contributed by atoms with Crippen molar-refractivity contribution in [1.29, 1.82) is 0 Å². The SMILES string of the molecule is CC1(C)c2ccccc2-c2c(N(c3ccc(-c4ccc(-c5cccc6ccccc56)cc4)cc3)c3cccc(-c4ccc(-c5cccc6ccccc56)cc4)c3)cccc21. The van der Waals surface area contributed by atoms with Crippen LogP contribution in [0.5, 0.6) is 0 Å². The average molecular weight is 766 g/mol. The third-order valence-corrected chi connectivity index (χ3v) is 12.7. The Labute approximate surface area is 352 Å². The van der Waals surface area contributed by atoms with Crippen molar-refractivity contribution in [2.45, 2.75) is 19.3 Å². The first-order chi connectivity index (χ1) is 29.5. The van der Waals surface area contributed by atoms with Gasteiger partial charge in [-0.05, 0) is 113 Å². The van der Waals surface area contributed by atoms with Crippen LogP contribution in [0.25, 0.3) is 77.2 Å². The maximum Gasteiger partial charge on any atom is 0.0543 e. The van der Waals surface area contributed by atoms with Crippen LogP contribution in [0.1, 0.15) is 25.0 Å². The summed E-state index contributed by atoms with van der Waals surface area (Å²) in [6, 6.07) is 82.3. The Morgan fingerprint density at radius 2 is 0.767 bits per heavy atom. The van der Waals surface area contributed by atoms with Crippen LogP contribution < -0.4 is 4.90 Å². The third-order valence-electron chi connectivity index (χ3n) is 12.7. The molecule has 0 fully saturated rings. The zero-order chi connectivity index (χ0) is 40.2. The number of benzene rings is 10. The van der Waals surface area contributed by atoms with Crippen molar-refractivity contribution in [1.82, 2.24) is 0 Å². The van der Waals surface area contributed by atoms with Crippen molar-refractivity contribution >= 4 is 38.6 Å². The molecule has 0 N–H and O–H groups in total. The number of nitrogens with zero attached hydrogens (tertiary/aromatic N) is 1. The fourth-order valence-corrected chi connectivity index (χ4v) is 9.62. The number of fused-ring (bicyclic) bond motifs is 5. The molecule has 0 bridgehead atoms. The lowest BCUT2D eigenvalue weighted by Gasteiger charge is -2.29. The van der Waals surface area contributed by atoms with Crippen LogP contribution in [0.15, 0.2) is 224 Å². The summed E-state index contributed by atoms with van der Waals surface area (Å²) in [5.74, 6) is 0. The summed E-state index contributed by atoms with van der Waals surface area (Å²) in [5, 5.41) is 5.07. The normalized spacial score (nSPS) is 12.6. The van der Waals surface area contributed by atoms with E-state index in [0.717, 1.165) is 11.4 Å². The highest BCUT2D eigenvalue weighted by atomic mass is 15.1. The molecule has 0 unspecified atom stereocenters. The molecule has 11 rings (SSSR count). The number of rotatable bonds is 7. The summed E-state index contributed by atoms with van der Waals surface area (Å²) in [5.41, 5.74) is 18.4. The third kappa shape index (κ3) is 6.01. The Hall–Kier alpha value is -7.48. The zero-order valence-electron chi connectivity index (χ0n) is 33.8. The van der Waals surface area contributed by atoms with Crippen molar-refractivity contribution < 1.29 is 0 Å². The van der Waals surface area contributed by atoms with Crippen molar-refractivity contribution in [2.24, 2.45) is 0 Å². The van der Waals surface area contributed by atoms with E-state index in [4.69, 9.17) is 0 Å². The van der Waals surface area contributed by atoms with E-state index in [2.05, 4.69) is 243 Å². The van der Waals surface area contributed by atoms with Gasteiger partial charge in [-0.3, -0.25) is 0 Å². The predicted octanol–water partition coefficient (Wildman–Crippen LogP) is 16.4. The highest BCUT2D eigenvalue weighted by Gasteiger charge is 2.37. The van der Waals surface area contributed by atoms with E-state index in [1.165, 1.54) is 94.0 Å². The molecule has 0 radical (unpaired) electrons. The Kier molecular flexibility index (Phi) is 8.57. The molecule has 0 aromatic heterocycles. The summed E-state index contributed by atoms with van der Waals surface area (Å²) in [6.07, 6.45) is 0. The van der Waals surface area contributed by atoms with E-state index in [-0.39, 0.29) is 5.41 Å². The minimum absolute atomic E-state index is 0.108. The standard InChI is InChI=1S/C59H43N/c1-59(2)55-24-8-7-21-54(55)58-56(59)25-12-26-57(58)60(48-37-35-41(36-38-48)40-27-31-45(32-28-40)52-22-10-15-43-13-3-5-19-50(43)52)49-18-9-17-47(39-49)42-29-33-46(34-30-42)53-23-11-16-44-14-4-6-20-51(44)53/h3-39H,1-2H3. The second-order valence-corrected chi connectivity index (χ2v) is 16.5. The van der Waals surface area contributed by atoms with Crippen LogP contribution >= 0.6 is 0 Å². The predicted molar refractivity (Wildman–Crippen MR) is 255 cm³/mol. The minimum Gasteiger partial charge on any atom is -0.310 e. The summed E-state index contributed by atoms with van der Waals surface area (Å²) in [7, 11) is 0. The second kappa shape index (κ2) is 14.4. The molecule has 0 saturated carbocycles. The number of hydrogen-bond acceptors (Lipinski definition) is 1. The lowest BCUT2D eigenvalue weighted by atomic mass is 9.82. The molecule has 0 spiro atoms. The van der Waals surface area contributed by atoms with Crippen molar-refractivity contribution in [3.8, 4) is 55.6 Å². The summed E-state index contributed by atoms with van der Waals surface area (Å²) < 4.78 is 0. The van der Waals surface area contributed by atoms with Gasteiger partial charge in [-0.15, -0.1) is 0 Å². The van der Waals surface area contributed by atoms with Crippen LogP contribution in [0.2, 0.25) is 0 Å². The fourth-order valence-electron chi connectivity index (χ4n) is 9.62. The van der Waals surface area contributed by atoms with Gasteiger partial charge in [0, 0.05) is 22.4 Å². The molecule has 0 amide bonds. The molecule has 1 aliphatic rings. The first kappa shape index (κ1) is 35.7. The van der Waals surface area contributed by atoms with E-state index in [1.54, 1.807) is 0 Å². The number of hydrogen-bond donors (Lipinski definition) is 0. The summed E-state index contributed by atoms with van der Waals surface area (Å²) in [6.45, 7) is 4.71. The van der Waals surface area contributed by atoms with Gasteiger partial charge in [0.1, 0.15) is 0 Å². The fraction of sp³-hybridized carbons (Fsp3) is 0.0508. The van der Waals surface area contributed by atoms with Gasteiger partial charge in [0.2, 0.25) is 0 Å². The maximum atomic E-state index is 2.46. The van der Waals surface area contributed by atoms with E-state index in [9.17, 15) is 0 Å². The molecule has 60 heavy (non-hydrogen) atoms. The number of anilines is 3. The van der Waals surface area contributed by atoms with Crippen molar-refractivity contribution in [2.75, 3.05) is 4.90 Å². The topological polar surface area (TPSA) is 3.24 Å². The van der Waals surface area contributed by atoms with Gasteiger partial charge in [-0.2, -0.15) is 0 Å². The molecule has 284 valence electrons. The van der Waals surface area contributed by atoms with E-state index in [1.807, 2.05) is 0 Å². The van der Waals surface area contributed by atoms with Gasteiger partial charge < -0.3 is 4.90 Å². The van der Waals surface area contributed by atoms with E-state index < -0.39 is 0 Å². The zero-order valence-corrected chi connectivity index (χ0v) is 33.8. The van der Waals surface area contributed by atoms with Crippen LogP contribution in [0, 0.1) is 0 Å². The van der Waals surface area contributed by atoms with Gasteiger partial charge in [-0.1, -0.05) is 208 Å². The van der Waals surface area contributed by atoms with Gasteiger partial charge in [-0.25, -0.2) is 0 Å². The quantitative estimate of drug-likeness (QED) is 0.156. The molecule has 1 aliphatic carbocycles. The Bertz CT molecular complexity index is 3200. The van der Waals surface area contributed by atoms with Gasteiger partial charge in [0.05, 0.1) is 5.69 Å². The molecule has 1 nitrogen and oxygen atoms in total. The molecule has 0 heterocycles. The molecule has 0 saturated heterocycles. The van der Waals surface area contributed by atoms with Crippen LogP contribution in [0.4, 0.5) is 17.1 Å². The molecule has 0 aliphatic heterocycles. The van der Waals surface area contributed by atoms with Crippen molar-refractivity contribution in [3.05, 3.63) is 236 Å². The Morgan fingerprint density at radius 1 is 0.317 bits per heavy atom. The second-order valence-electron chi connectivity index (χ2n) is 16.5. The maximum absolute atomic E-state index is 2.46. The van der Waals surface area contributed by atoms with Gasteiger partial charge in [0.15, 0.2) is 0 Å². The van der Waals surface area contributed by atoms with E-state index >= 15 is 0 Å². The Balaban J connectivity index is 0.990. The van der Waals surface area contributed by atoms with Gasteiger partial charge >= 0.3 is 0 Å². The first-order valence-corrected chi connectivity index (χ1v) is 20.9. The van der Waals surface area contributed by atoms with Crippen LogP contribution in [-0.2, 0) is 5.41 Å². The minimum atomic E-state index is -0.108. The summed E-state index contributed by atoms with van der Waals surface area (Å²) in [4.78, 5) is 2.46. The average Bonchev–Trinajstić information content (AvgIpc) is 3.55. The molecular weight excluding hydrogens is 723 g/mol. The van der Waals surface area contributed by atoms with Crippen LogP contribution in [-0.4, -0.2) is 0 Å². The monoisotopic (exact) mass is 765 g/mol. The van der Waals surface area contributed by atoms with Gasteiger partial charge in [0.25, 0.3) is 0 Å². The van der Waals surface area contributed by atoms with Crippen LogP contribution in [0.3, 0.4) is 0 Å². The lowest BCUT2D eigenvalue weighted by Crippen LogP contribution is -2.16. The molecule has 10 aromatic rings. The molecular formula is C59H43N. The first-order valence-electron chi connectivity index (χ1n) is 20.9. The molecule has 10 aromatic carbocycles. The Morgan fingerprint density at radius 3 is 1.40 bits per heavy atom. The molecule has 0 atom stereocenters. The lowest BCUT2D eigenvalue weighted by molar-refractivity contribution is 0.660. The molecule has 1 heteroatoms. The summed E-state index contributed by atoms with van der Waals surface area (Å²) >= 11 is 0. The van der Waals surface area contributed by atoms with Crippen molar-refractivity contribution in [3.63, 3.8) is 0 Å². The largest absolute Gasteiger partial charge is 0.310 e. The van der Waals surface area contributed by atoms with E-state index in [0.29, 0.717) is 0 Å².